The molecule has 4 aromatic rings. The van der Waals surface area contributed by atoms with Crippen molar-refractivity contribution in [1.82, 2.24) is 29.4 Å². The van der Waals surface area contributed by atoms with E-state index in [1.165, 1.54) is 0 Å². The van der Waals surface area contributed by atoms with Gasteiger partial charge in [0.1, 0.15) is 5.65 Å². The van der Waals surface area contributed by atoms with E-state index in [0.717, 1.165) is 48.5 Å². The number of hydrogen-bond acceptors (Lipinski definition) is 4. The second-order valence-corrected chi connectivity index (χ2v) is 7.56. The Hall–Kier alpha value is -3.45. The summed E-state index contributed by atoms with van der Waals surface area (Å²) in [5.41, 5.74) is 4.45. The highest BCUT2D eigenvalue weighted by molar-refractivity contribution is 5.94. The van der Waals surface area contributed by atoms with Gasteiger partial charge >= 0.3 is 0 Å². The molecular weight excluding hydrogens is 376 g/mol. The van der Waals surface area contributed by atoms with E-state index in [4.69, 9.17) is 0 Å². The summed E-state index contributed by atoms with van der Waals surface area (Å²) < 4.78 is 3.86. The van der Waals surface area contributed by atoms with Gasteiger partial charge in [-0.25, -0.2) is 9.67 Å². The lowest BCUT2D eigenvalue weighted by molar-refractivity contribution is 0.0786. The minimum atomic E-state index is 0.0358. The lowest BCUT2D eigenvalue weighted by Crippen LogP contribution is -2.29. The van der Waals surface area contributed by atoms with E-state index >= 15 is 0 Å². The second-order valence-electron chi connectivity index (χ2n) is 7.56. The molecule has 0 unspecified atom stereocenters. The fraction of sp³-hybridized carbons (Fsp3) is 0.261. The number of benzene rings is 1. The average Bonchev–Trinajstić information content (AvgIpc) is 3.55. The van der Waals surface area contributed by atoms with Crippen LogP contribution >= 0.6 is 0 Å². The van der Waals surface area contributed by atoms with Gasteiger partial charge in [0.2, 0.25) is 0 Å². The van der Waals surface area contributed by atoms with Crippen molar-refractivity contribution in [2.24, 2.45) is 0 Å². The Morgan fingerprint density at radius 1 is 1.00 bits per heavy atom. The van der Waals surface area contributed by atoms with Crippen molar-refractivity contribution in [3.8, 4) is 5.69 Å². The van der Waals surface area contributed by atoms with E-state index in [0.29, 0.717) is 18.8 Å². The summed E-state index contributed by atoms with van der Waals surface area (Å²) in [6.07, 6.45) is 7.81. The minimum absolute atomic E-state index is 0.0358. The van der Waals surface area contributed by atoms with Crippen LogP contribution in [-0.4, -0.2) is 43.1 Å². The van der Waals surface area contributed by atoms with Crippen molar-refractivity contribution >= 4 is 11.6 Å². The number of nitrogens with one attached hydrogen (secondary N) is 1. The van der Waals surface area contributed by atoms with Crippen LogP contribution in [0, 0.1) is 0 Å². The van der Waals surface area contributed by atoms with Crippen molar-refractivity contribution in [2.75, 3.05) is 13.1 Å². The Balaban J connectivity index is 1.36. The Labute approximate surface area is 175 Å². The molecule has 0 radical (unpaired) electrons. The zero-order valence-electron chi connectivity index (χ0n) is 16.7. The molecule has 1 amide bonds. The van der Waals surface area contributed by atoms with E-state index in [1.807, 2.05) is 62.8 Å². The van der Waals surface area contributed by atoms with Crippen LogP contribution in [0.1, 0.15) is 34.6 Å². The smallest absolute Gasteiger partial charge is 0.274 e. The quantitative estimate of drug-likeness (QED) is 0.540. The third kappa shape index (κ3) is 3.59. The summed E-state index contributed by atoms with van der Waals surface area (Å²) in [5.74, 6) is 0.0358. The van der Waals surface area contributed by atoms with Crippen molar-refractivity contribution in [2.45, 2.75) is 25.9 Å². The number of pyridine rings is 1. The normalized spacial score (nSPS) is 13.9. The summed E-state index contributed by atoms with van der Waals surface area (Å²) in [5, 5.41) is 7.79. The molecule has 1 saturated heterocycles. The summed E-state index contributed by atoms with van der Waals surface area (Å²) >= 11 is 0. The number of imidazole rings is 1. The molecule has 1 N–H and O–H groups in total. The number of aromatic nitrogens is 4. The van der Waals surface area contributed by atoms with Gasteiger partial charge in [-0.05, 0) is 48.7 Å². The van der Waals surface area contributed by atoms with Crippen LogP contribution in [0.3, 0.4) is 0 Å². The predicted molar refractivity (Wildman–Crippen MR) is 114 cm³/mol. The van der Waals surface area contributed by atoms with Gasteiger partial charge in [-0.2, -0.15) is 5.10 Å². The van der Waals surface area contributed by atoms with Gasteiger partial charge in [0, 0.05) is 44.8 Å². The second kappa shape index (κ2) is 8.12. The molecule has 4 heterocycles. The van der Waals surface area contributed by atoms with Crippen LogP contribution in [0.25, 0.3) is 11.3 Å². The third-order valence-electron chi connectivity index (χ3n) is 5.53. The first kappa shape index (κ1) is 18.6. The predicted octanol–water partition coefficient (Wildman–Crippen LogP) is 3.05. The summed E-state index contributed by atoms with van der Waals surface area (Å²) in [7, 11) is 0. The number of likely N-dealkylation sites (tertiary alicyclic amines) is 1. The third-order valence-corrected chi connectivity index (χ3v) is 5.53. The molecule has 1 fully saturated rings. The monoisotopic (exact) mass is 400 g/mol. The molecular formula is C23H24N6O. The largest absolute Gasteiger partial charge is 0.337 e. The number of rotatable bonds is 6. The Morgan fingerprint density at radius 3 is 2.73 bits per heavy atom. The Bertz CT molecular complexity index is 1160. The summed E-state index contributed by atoms with van der Waals surface area (Å²) in [6.45, 7) is 2.89. The van der Waals surface area contributed by atoms with Crippen LogP contribution in [0.15, 0.2) is 67.1 Å². The topological polar surface area (TPSA) is 67.5 Å². The maximum absolute atomic E-state index is 13.1. The highest BCUT2D eigenvalue weighted by Gasteiger charge is 2.25. The Kier molecular flexibility index (Phi) is 5.03. The van der Waals surface area contributed by atoms with Gasteiger partial charge in [-0.1, -0.05) is 18.2 Å². The van der Waals surface area contributed by atoms with E-state index in [9.17, 15) is 4.79 Å². The van der Waals surface area contributed by atoms with E-state index < -0.39 is 0 Å². The SMILES string of the molecule is O=C(c1nc2ccccn2c1CNCc1cccc(-n2cccn2)c1)N1CCCC1. The first-order valence-corrected chi connectivity index (χ1v) is 10.3. The number of nitrogens with zero attached hydrogens (tertiary/aromatic N) is 5. The zero-order chi connectivity index (χ0) is 20.3. The molecule has 0 aliphatic carbocycles. The number of amides is 1. The van der Waals surface area contributed by atoms with Crippen LogP contribution in [0.2, 0.25) is 0 Å². The van der Waals surface area contributed by atoms with Gasteiger partial charge in [-0.15, -0.1) is 0 Å². The molecule has 3 aromatic heterocycles. The first-order chi connectivity index (χ1) is 14.8. The zero-order valence-corrected chi connectivity index (χ0v) is 16.7. The molecule has 1 aromatic carbocycles. The van der Waals surface area contributed by atoms with Gasteiger partial charge in [-0.3, -0.25) is 4.79 Å². The molecule has 0 spiro atoms. The summed E-state index contributed by atoms with van der Waals surface area (Å²) in [4.78, 5) is 19.6. The van der Waals surface area contributed by atoms with Crippen molar-refractivity contribution in [1.29, 1.82) is 0 Å². The fourth-order valence-electron chi connectivity index (χ4n) is 4.01. The number of hydrogen-bond donors (Lipinski definition) is 1. The van der Waals surface area contributed by atoms with Gasteiger partial charge < -0.3 is 14.6 Å². The number of carbonyl (C=O) groups is 1. The van der Waals surface area contributed by atoms with Crippen LogP contribution in [0.5, 0.6) is 0 Å². The Morgan fingerprint density at radius 2 is 1.90 bits per heavy atom. The van der Waals surface area contributed by atoms with E-state index in [-0.39, 0.29) is 5.91 Å². The maximum Gasteiger partial charge on any atom is 0.274 e. The molecule has 152 valence electrons. The maximum atomic E-state index is 13.1. The van der Waals surface area contributed by atoms with Gasteiger partial charge in [0.15, 0.2) is 5.69 Å². The standard InChI is InChI=1S/C23H24N6O/c30-23(27-11-3-4-12-27)22-20(28-13-2-1-9-21(28)26-22)17-24-16-18-7-5-8-19(15-18)29-14-6-10-25-29/h1-2,5-10,13-15,24H,3-4,11-12,16-17H2. The summed E-state index contributed by atoms with van der Waals surface area (Å²) in [6, 6.07) is 16.0. The molecule has 5 rings (SSSR count). The van der Waals surface area contributed by atoms with Crippen molar-refractivity contribution < 1.29 is 4.79 Å². The fourth-order valence-corrected chi connectivity index (χ4v) is 4.01. The lowest BCUT2D eigenvalue weighted by atomic mass is 10.2. The molecule has 1 aliphatic heterocycles. The first-order valence-electron chi connectivity index (χ1n) is 10.3. The minimum Gasteiger partial charge on any atom is -0.337 e. The molecule has 30 heavy (non-hydrogen) atoms. The molecule has 7 nitrogen and oxygen atoms in total. The highest BCUT2D eigenvalue weighted by Crippen LogP contribution is 2.18. The molecule has 0 atom stereocenters. The van der Waals surface area contributed by atoms with Crippen molar-refractivity contribution in [3.05, 3.63) is 84.1 Å². The van der Waals surface area contributed by atoms with E-state index in [2.05, 4.69) is 27.5 Å². The lowest BCUT2D eigenvalue weighted by Gasteiger charge is -2.15. The van der Waals surface area contributed by atoms with Crippen LogP contribution in [-0.2, 0) is 13.1 Å². The molecule has 7 heteroatoms. The van der Waals surface area contributed by atoms with Crippen molar-refractivity contribution in [3.63, 3.8) is 0 Å². The molecule has 0 bridgehead atoms. The van der Waals surface area contributed by atoms with Crippen LogP contribution in [0.4, 0.5) is 0 Å². The number of fused-ring (bicyclic) bond motifs is 1. The van der Waals surface area contributed by atoms with Gasteiger partial charge in [0.05, 0.1) is 11.4 Å². The number of carbonyl (C=O) groups excluding carboxylic acids is 1. The molecule has 0 saturated carbocycles. The van der Waals surface area contributed by atoms with E-state index in [1.54, 1.807) is 6.20 Å². The molecule has 1 aliphatic rings. The van der Waals surface area contributed by atoms with Crippen LogP contribution < -0.4 is 5.32 Å². The highest BCUT2D eigenvalue weighted by atomic mass is 16.2. The average molecular weight is 400 g/mol. The van der Waals surface area contributed by atoms with Gasteiger partial charge in [0.25, 0.3) is 5.91 Å².